The summed E-state index contributed by atoms with van der Waals surface area (Å²) in [6.45, 7) is 0.908. The zero-order valence-corrected chi connectivity index (χ0v) is 10.7. The van der Waals surface area contributed by atoms with Crippen LogP contribution in [0.3, 0.4) is 0 Å². The SMILES string of the molecule is CN(C)CCCCNc1c(F)c(F)c(F)c(F)c1F. The predicted octanol–water partition coefficient (Wildman–Crippen LogP) is 3.14. The molecule has 0 bridgehead atoms. The summed E-state index contributed by atoms with van der Waals surface area (Å²) in [6.07, 6.45) is 1.30. The summed E-state index contributed by atoms with van der Waals surface area (Å²) in [5.74, 6) is -9.68. The molecule has 1 rings (SSSR count). The van der Waals surface area contributed by atoms with Crippen molar-refractivity contribution in [2.75, 3.05) is 32.5 Å². The first-order chi connectivity index (χ1) is 8.86. The van der Waals surface area contributed by atoms with Gasteiger partial charge in [-0.1, -0.05) is 0 Å². The summed E-state index contributed by atoms with van der Waals surface area (Å²) in [6, 6.07) is 0. The Hall–Kier alpha value is -1.37. The van der Waals surface area contributed by atoms with E-state index in [1.807, 2.05) is 19.0 Å². The Labute approximate surface area is 108 Å². The molecule has 0 aromatic heterocycles. The van der Waals surface area contributed by atoms with Gasteiger partial charge in [0.1, 0.15) is 5.69 Å². The molecule has 0 amide bonds. The van der Waals surface area contributed by atoms with Gasteiger partial charge in [-0.3, -0.25) is 0 Å². The lowest BCUT2D eigenvalue weighted by Crippen LogP contribution is -2.15. The zero-order valence-electron chi connectivity index (χ0n) is 10.7. The van der Waals surface area contributed by atoms with E-state index in [0.29, 0.717) is 6.42 Å². The molecule has 19 heavy (non-hydrogen) atoms. The fourth-order valence-electron chi connectivity index (χ4n) is 1.53. The van der Waals surface area contributed by atoms with Gasteiger partial charge in [0, 0.05) is 6.54 Å². The quantitative estimate of drug-likeness (QED) is 0.373. The van der Waals surface area contributed by atoms with E-state index in [9.17, 15) is 22.0 Å². The first-order valence-corrected chi connectivity index (χ1v) is 5.76. The van der Waals surface area contributed by atoms with Crippen LogP contribution < -0.4 is 5.32 Å². The van der Waals surface area contributed by atoms with E-state index in [0.717, 1.165) is 13.0 Å². The number of hydrogen-bond acceptors (Lipinski definition) is 2. The minimum absolute atomic E-state index is 0.131. The second kappa shape index (κ2) is 6.70. The van der Waals surface area contributed by atoms with Crippen molar-refractivity contribution < 1.29 is 22.0 Å². The molecule has 1 N–H and O–H groups in total. The van der Waals surface area contributed by atoms with Crippen molar-refractivity contribution in [3.63, 3.8) is 0 Å². The monoisotopic (exact) mass is 282 g/mol. The Morgan fingerprint density at radius 3 is 1.74 bits per heavy atom. The summed E-state index contributed by atoms with van der Waals surface area (Å²) in [5, 5.41) is 2.25. The molecule has 0 saturated carbocycles. The van der Waals surface area contributed by atoms with E-state index < -0.39 is 34.8 Å². The number of unbranched alkanes of at least 4 members (excludes halogenated alkanes) is 1. The first-order valence-electron chi connectivity index (χ1n) is 5.76. The Kier molecular flexibility index (Phi) is 5.53. The molecule has 0 atom stereocenters. The molecule has 0 aliphatic heterocycles. The van der Waals surface area contributed by atoms with Crippen LogP contribution in [0.15, 0.2) is 0 Å². The lowest BCUT2D eigenvalue weighted by atomic mass is 10.2. The van der Waals surface area contributed by atoms with Crippen molar-refractivity contribution in [3.05, 3.63) is 29.1 Å². The van der Waals surface area contributed by atoms with Crippen LogP contribution >= 0.6 is 0 Å². The van der Waals surface area contributed by atoms with E-state index in [1.54, 1.807) is 0 Å². The number of rotatable bonds is 6. The summed E-state index contributed by atoms with van der Waals surface area (Å²) >= 11 is 0. The Morgan fingerprint density at radius 1 is 0.789 bits per heavy atom. The minimum Gasteiger partial charge on any atom is -0.380 e. The maximum atomic E-state index is 13.2. The topological polar surface area (TPSA) is 15.3 Å². The summed E-state index contributed by atoms with van der Waals surface area (Å²) < 4.78 is 65.0. The van der Waals surface area contributed by atoms with Crippen LogP contribution in [0.5, 0.6) is 0 Å². The molecule has 0 radical (unpaired) electrons. The van der Waals surface area contributed by atoms with Crippen LogP contribution in [0.1, 0.15) is 12.8 Å². The Bertz CT molecular complexity index is 419. The van der Waals surface area contributed by atoms with Gasteiger partial charge >= 0.3 is 0 Å². The van der Waals surface area contributed by atoms with Crippen molar-refractivity contribution in [1.29, 1.82) is 0 Å². The lowest BCUT2D eigenvalue weighted by Gasteiger charge is -2.12. The molecule has 2 nitrogen and oxygen atoms in total. The fraction of sp³-hybridized carbons (Fsp3) is 0.500. The van der Waals surface area contributed by atoms with Crippen LogP contribution in [-0.4, -0.2) is 32.1 Å². The van der Waals surface area contributed by atoms with Gasteiger partial charge in [0.15, 0.2) is 23.3 Å². The average molecular weight is 282 g/mol. The zero-order chi connectivity index (χ0) is 14.6. The molecule has 0 spiro atoms. The summed E-state index contributed by atoms with van der Waals surface area (Å²) in [5.41, 5.74) is -0.971. The third kappa shape index (κ3) is 3.79. The molecule has 0 fully saturated rings. The Balaban J connectivity index is 2.69. The van der Waals surface area contributed by atoms with Gasteiger partial charge in [-0.2, -0.15) is 0 Å². The third-order valence-corrected chi connectivity index (χ3v) is 2.54. The van der Waals surface area contributed by atoms with Crippen LogP contribution in [-0.2, 0) is 0 Å². The average Bonchev–Trinajstić information content (AvgIpc) is 2.37. The van der Waals surface area contributed by atoms with Crippen LogP contribution in [0, 0.1) is 29.1 Å². The molecule has 0 aliphatic rings. The largest absolute Gasteiger partial charge is 0.380 e. The highest BCUT2D eigenvalue weighted by Gasteiger charge is 2.25. The van der Waals surface area contributed by atoms with Gasteiger partial charge in [-0.15, -0.1) is 0 Å². The van der Waals surface area contributed by atoms with E-state index in [-0.39, 0.29) is 6.54 Å². The highest BCUT2D eigenvalue weighted by Crippen LogP contribution is 2.26. The standard InChI is InChI=1S/C12H15F5N2/c1-19(2)6-4-3-5-18-12-10(16)8(14)7(13)9(15)11(12)17/h18H,3-6H2,1-2H3. The highest BCUT2D eigenvalue weighted by atomic mass is 19.2. The van der Waals surface area contributed by atoms with Crippen LogP contribution in [0.2, 0.25) is 0 Å². The van der Waals surface area contributed by atoms with E-state index in [4.69, 9.17) is 0 Å². The second-order valence-electron chi connectivity index (χ2n) is 4.38. The molecule has 0 aliphatic carbocycles. The fourth-order valence-corrected chi connectivity index (χ4v) is 1.53. The normalized spacial score (nSPS) is 11.2. The minimum atomic E-state index is -2.15. The first kappa shape index (κ1) is 15.7. The Morgan fingerprint density at radius 2 is 1.26 bits per heavy atom. The maximum absolute atomic E-state index is 13.2. The lowest BCUT2D eigenvalue weighted by molar-refractivity contribution is 0.380. The van der Waals surface area contributed by atoms with Crippen molar-refractivity contribution >= 4 is 5.69 Å². The number of anilines is 1. The molecule has 7 heteroatoms. The number of benzene rings is 1. The third-order valence-electron chi connectivity index (χ3n) is 2.54. The number of nitrogens with zero attached hydrogens (tertiary/aromatic N) is 1. The van der Waals surface area contributed by atoms with Crippen LogP contribution in [0.25, 0.3) is 0 Å². The van der Waals surface area contributed by atoms with Gasteiger partial charge in [0.2, 0.25) is 5.82 Å². The predicted molar refractivity (Wildman–Crippen MR) is 62.5 cm³/mol. The molecule has 0 saturated heterocycles. The molecule has 1 aromatic rings. The number of nitrogens with one attached hydrogen (secondary N) is 1. The van der Waals surface area contributed by atoms with Gasteiger partial charge in [-0.25, -0.2) is 22.0 Å². The molecule has 108 valence electrons. The van der Waals surface area contributed by atoms with Gasteiger partial charge in [0.25, 0.3) is 0 Å². The number of hydrogen-bond donors (Lipinski definition) is 1. The van der Waals surface area contributed by atoms with Crippen molar-refractivity contribution in [1.82, 2.24) is 4.90 Å². The van der Waals surface area contributed by atoms with E-state index in [1.165, 1.54) is 0 Å². The molecule has 1 aromatic carbocycles. The van der Waals surface area contributed by atoms with Crippen molar-refractivity contribution in [2.24, 2.45) is 0 Å². The summed E-state index contributed by atoms with van der Waals surface area (Å²) in [7, 11) is 3.75. The van der Waals surface area contributed by atoms with Gasteiger partial charge < -0.3 is 10.2 Å². The molecular weight excluding hydrogens is 267 g/mol. The highest BCUT2D eigenvalue weighted by molar-refractivity contribution is 5.47. The second-order valence-corrected chi connectivity index (χ2v) is 4.38. The van der Waals surface area contributed by atoms with Crippen molar-refractivity contribution in [2.45, 2.75) is 12.8 Å². The molecule has 0 unspecified atom stereocenters. The maximum Gasteiger partial charge on any atom is 0.200 e. The van der Waals surface area contributed by atoms with E-state index in [2.05, 4.69) is 5.32 Å². The van der Waals surface area contributed by atoms with Crippen LogP contribution in [0.4, 0.5) is 27.6 Å². The summed E-state index contributed by atoms with van der Waals surface area (Å²) in [4.78, 5) is 1.93. The van der Waals surface area contributed by atoms with Crippen molar-refractivity contribution in [3.8, 4) is 0 Å². The molecular formula is C12H15F5N2. The van der Waals surface area contributed by atoms with E-state index >= 15 is 0 Å². The van der Waals surface area contributed by atoms with Gasteiger partial charge in [-0.05, 0) is 33.5 Å². The van der Waals surface area contributed by atoms with Gasteiger partial charge in [0.05, 0.1) is 0 Å². The number of halogens is 5. The molecule has 0 heterocycles. The smallest absolute Gasteiger partial charge is 0.200 e.